The molecule has 7 aromatic rings. The third-order valence-corrected chi connectivity index (χ3v) is 11.9. The van der Waals surface area contributed by atoms with Gasteiger partial charge >= 0.3 is 17.1 Å². The predicted molar refractivity (Wildman–Crippen MR) is 213 cm³/mol. The molecule has 0 unspecified atom stereocenters. The molecule has 0 fully saturated rings. The molecule has 0 aliphatic carbocycles. The zero-order valence-corrected chi connectivity index (χ0v) is 31.7. The zero-order chi connectivity index (χ0) is 34.4. The molecule has 0 bridgehead atoms. The van der Waals surface area contributed by atoms with Crippen molar-refractivity contribution in [3.05, 3.63) is 176 Å². The maximum atomic E-state index is 3.14. The summed E-state index contributed by atoms with van der Waals surface area (Å²) >= 11 is 0. The van der Waals surface area contributed by atoms with Gasteiger partial charge in [0.15, 0.2) is 0 Å². The summed E-state index contributed by atoms with van der Waals surface area (Å²) in [5, 5.41) is 1.76. The number of hydrogen-bond donors (Lipinski definition) is 0. The molecular weight excluding hydrogens is 663 g/mol. The first kappa shape index (κ1) is 37.0. The van der Waals surface area contributed by atoms with Crippen LogP contribution in [0.2, 0.25) is 0 Å². The quantitative estimate of drug-likeness (QED) is 0.0918. The molecule has 0 nitrogen and oxygen atoms in total. The molecule has 7 rings (SSSR count). The summed E-state index contributed by atoms with van der Waals surface area (Å²) in [7, 11) is -0.274. The first-order valence-corrected chi connectivity index (χ1v) is 18.3. The summed E-state index contributed by atoms with van der Waals surface area (Å²) in [5.41, 5.74) is 12.5. The number of benzene rings is 5. The Kier molecular flexibility index (Phi) is 12.0. The molecule has 0 atom stereocenters. The number of hydrogen-bond acceptors (Lipinski definition) is 0. The Bertz CT molecular complexity index is 1720. The second-order valence-electron chi connectivity index (χ2n) is 14.2. The summed E-state index contributed by atoms with van der Waals surface area (Å²) in [6.45, 7) is 13.7. The molecule has 0 amide bonds. The van der Waals surface area contributed by atoms with E-state index in [-0.39, 0.29) is 35.3 Å². The molecule has 0 saturated heterocycles. The van der Waals surface area contributed by atoms with Crippen molar-refractivity contribution in [3.8, 4) is 55.6 Å². The van der Waals surface area contributed by atoms with Crippen LogP contribution >= 0.6 is 7.92 Å². The van der Waals surface area contributed by atoms with Gasteiger partial charge in [-0.1, -0.05) is 238 Å². The monoisotopic (exact) mass is 706 g/mol. The maximum absolute atomic E-state index is 3.14. The Morgan fingerprint density at radius 3 is 1.04 bits per heavy atom. The second kappa shape index (κ2) is 16.2. The van der Waals surface area contributed by atoms with E-state index in [0.29, 0.717) is 0 Å². The van der Waals surface area contributed by atoms with E-state index in [1.165, 1.54) is 60.9 Å². The van der Waals surface area contributed by atoms with Gasteiger partial charge in [0.25, 0.3) is 0 Å². The van der Waals surface area contributed by atoms with E-state index in [9.17, 15) is 0 Å². The van der Waals surface area contributed by atoms with E-state index in [0.717, 1.165) is 0 Å². The average Bonchev–Trinajstić information content (AvgIpc) is 3.76. The van der Waals surface area contributed by atoms with Gasteiger partial charge in [-0.3, -0.25) is 7.92 Å². The fraction of sp³-hybridized carbons (Fsp3) is 0.167. The fourth-order valence-corrected chi connectivity index (χ4v) is 10.8. The molecule has 0 heterocycles. The molecule has 248 valence electrons. The van der Waals surface area contributed by atoms with Crippen LogP contribution in [-0.4, -0.2) is 10.3 Å². The van der Waals surface area contributed by atoms with E-state index in [1.807, 2.05) is 0 Å². The molecule has 7 aromatic carbocycles. The molecule has 0 aliphatic heterocycles. The van der Waals surface area contributed by atoms with Gasteiger partial charge in [-0.25, -0.2) is 0 Å². The van der Waals surface area contributed by atoms with Gasteiger partial charge in [0.1, 0.15) is 0 Å². The summed E-state index contributed by atoms with van der Waals surface area (Å²) in [5.74, 6) is 0. The van der Waals surface area contributed by atoms with Crippen molar-refractivity contribution in [1.29, 1.82) is 0 Å². The predicted octanol–water partition coefficient (Wildman–Crippen LogP) is 13.0. The van der Waals surface area contributed by atoms with Gasteiger partial charge in [0, 0.05) is 0 Å². The summed E-state index contributed by atoms with van der Waals surface area (Å²) < 4.78 is 0. The topological polar surface area (TPSA) is 0 Å². The first-order valence-electron chi connectivity index (χ1n) is 17.0. The normalized spacial score (nSPS) is 11.4. The van der Waals surface area contributed by atoms with Gasteiger partial charge in [-0.15, -0.1) is 0 Å². The Morgan fingerprint density at radius 1 is 0.420 bits per heavy atom. The molecule has 50 heavy (non-hydrogen) atoms. The molecule has 0 N–H and O–H groups in total. The molecule has 2 heteroatoms. The van der Waals surface area contributed by atoms with Crippen molar-refractivity contribution < 1.29 is 17.1 Å². The zero-order valence-electron chi connectivity index (χ0n) is 29.7. The van der Waals surface area contributed by atoms with Crippen LogP contribution in [0.3, 0.4) is 0 Å². The van der Waals surface area contributed by atoms with Crippen LogP contribution in [-0.2, 0) is 17.1 Å². The van der Waals surface area contributed by atoms with Gasteiger partial charge in [0.2, 0.25) is 0 Å². The summed E-state index contributed by atoms with van der Waals surface area (Å²) in [4.78, 5) is 0. The van der Waals surface area contributed by atoms with Crippen LogP contribution in [0.1, 0.15) is 41.5 Å². The molecule has 0 spiro atoms. The van der Waals surface area contributed by atoms with Crippen LogP contribution in [0.15, 0.2) is 152 Å². The largest absolute Gasteiger partial charge is 6.00 e. The van der Waals surface area contributed by atoms with Crippen LogP contribution in [0.25, 0.3) is 55.6 Å². The Balaban J connectivity index is 0.000000275. The van der Waals surface area contributed by atoms with E-state index in [2.05, 4.69) is 217 Å². The van der Waals surface area contributed by atoms with Crippen LogP contribution in [0.5, 0.6) is 0 Å². The van der Waals surface area contributed by atoms with Crippen molar-refractivity contribution >= 4 is 13.2 Å². The number of rotatable bonds is 6. The summed E-state index contributed by atoms with van der Waals surface area (Å²) in [6, 6.07) is 66.2. The molecular formula is C48H43FeP. The third kappa shape index (κ3) is 8.20. The van der Waals surface area contributed by atoms with Crippen LogP contribution < -0.4 is 5.30 Å². The standard InChI is InChI=1S/C35H25.C13H18P.Fe/c1-6-16-26(17-7-1)31-32(27-18-8-2-9-19-27)34(29-22-12-4-13-23-29)35(30-24-14-5-15-25-30)33(31)28-20-10-3-11-21-28;1-12(2,3)14(13(4,5)6)11-9-7-8-10-11;/h1-25H;1-6H3;/q-1;-5;+6. The minimum Gasteiger partial charge on any atom is -0.998 e. The van der Waals surface area contributed by atoms with E-state index < -0.39 is 0 Å². The van der Waals surface area contributed by atoms with Gasteiger partial charge < -0.3 is 29.6 Å². The average molecular weight is 707 g/mol. The van der Waals surface area contributed by atoms with Crippen molar-refractivity contribution in [2.45, 2.75) is 51.9 Å². The van der Waals surface area contributed by atoms with Crippen molar-refractivity contribution in [2.75, 3.05) is 0 Å². The van der Waals surface area contributed by atoms with E-state index in [4.69, 9.17) is 0 Å². The fourth-order valence-electron chi connectivity index (χ4n) is 7.09. The summed E-state index contributed by atoms with van der Waals surface area (Å²) in [6.07, 6.45) is 0. The molecule has 0 aliphatic rings. The minimum atomic E-state index is -0.274. The SMILES string of the molecule is CC(C)(C)P([c-]1[c-][c-][c-][c-]1)C(C)(C)C.[Fe+6].c1ccc(-c2c(-c3ccccc3)c(-c3ccccc3)[c-](-c3ccccc3)c2-c2ccccc2)cc1. The van der Waals surface area contributed by atoms with Crippen molar-refractivity contribution in [2.24, 2.45) is 0 Å². The van der Waals surface area contributed by atoms with Gasteiger partial charge in [0.05, 0.1) is 0 Å². The second-order valence-corrected chi connectivity index (χ2v) is 18.0. The van der Waals surface area contributed by atoms with Crippen molar-refractivity contribution in [3.63, 3.8) is 0 Å². The van der Waals surface area contributed by atoms with Crippen LogP contribution in [0.4, 0.5) is 0 Å². The Morgan fingerprint density at radius 2 is 0.720 bits per heavy atom. The van der Waals surface area contributed by atoms with Gasteiger partial charge in [-0.05, 0) is 21.4 Å². The van der Waals surface area contributed by atoms with Crippen LogP contribution in [0, 0.1) is 24.3 Å². The molecule has 0 radical (unpaired) electrons. The van der Waals surface area contributed by atoms with Gasteiger partial charge in [-0.2, -0.15) is 0 Å². The Hall–Kier alpha value is -4.25. The van der Waals surface area contributed by atoms with E-state index in [1.54, 1.807) is 0 Å². The Labute approximate surface area is 312 Å². The van der Waals surface area contributed by atoms with Crippen molar-refractivity contribution in [1.82, 2.24) is 0 Å². The van der Waals surface area contributed by atoms with E-state index >= 15 is 0 Å². The maximum Gasteiger partial charge on any atom is 6.00 e. The smallest absolute Gasteiger partial charge is 0.998 e. The first-order chi connectivity index (χ1) is 23.6. The molecule has 0 aromatic heterocycles. The minimum absolute atomic E-state index is 0. The third-order valence-electron chi connectivity index (χ3n) is 8.55. The molecule has 0 saturated carbocycles.